The molecule has 2 rings (SSSR count). The van der Waals surface area contributed by atoms with Crippen molar-refractivity contribution in [3.63, 3.8) is 0 Å². The van der Waals surface area contributed by atoms with Crippen molar-refractivity contribution in [2.24, 2.45) is 0 Å². The third-order valence-corrected chi connectivity index (χ3v) is 5.98. The topological polar surface area (TPSA) is 68.3 Å². The van der Waals surface area contributed by atoms with Crippen molar-refractivity contribution in [1.29, 1.82) is 0 Å². The molecule has 0 fully saturated rings. The number of rotatable bonds is 2. The average Bonchev–Trinajstić information content (AvgIpc) is 2.43. The summed E-state index contributed by atoms with van der Waals surface area (Å²) in [6.07, 6.45) is 0. The number of halogens is 6. The van der Waals surface area contributed by atoms with Gasteiger partial charge in [0.05, 0.1) is 9.79 Å². The van der Waals surface area contributed by atoms with Crippen LogP contribution in [0.4, 0.5) is 26.3 Å². The average molecular weight is 392 g/mol. The lowest BCUT2D eigenvalue weighted by atomic mass is 10.1. The Bertz CT molecular complexity index is 925. The first kappa shape index (κ1) is 18.5. The SMILES string of the molecule is O=S(=O)(c1ccc2ccc(S(=O)(=O)C(F)(F)F)cc2c1)C(F)(F)F. The van der Waals surface area contributed by atoms with E-state index in [0.717, 1.165) is 12.1 Å². The second-order valence-corrected chi connectivity index (χ2v) is 8.45. The molecule has 0 spiro atoms. The van der Waals surface area contributed by atoms with Crippen molar-refractivity contribution in [1.82, 2.24) is 0 Å². The first-order chi connectivity index (χ1) is 10.7. The first-order valence-corrected chi connectivity index (χ1v) is 8.81. The molecule has 132 valence electrons. The van der Waals surface area contributed by atoms with Gasteiger partial charge in [0.25, 0.3) is 19.7 Å². The molecule has 0 atom stereocenters. The molecule has 0 saturated carbocycles. The van der Waals surface area contributed by atoms with E-state index in [1.54, 1.807) is 0 Å². The van der Waals surface area contributed by atoms with Crippen molar-refractivity contribution in [2.75, 3.05) is 0 Å². The van der Waals surface area contributed by atoms with Crippen molar-refractivity contribution in [2.45, 2.75) is 20.8 Å². The molecule has 0 heterocycles. The van der Waals surface area contributed by atoms with Crippen molar-refractivity contribution < 1.29 is 43.2 Å². The molecule has 12 heteroatoms. The number of benzene rings is 2. The summed E-state index contributed by atoms with van der Waals surface area (Å²) in [5.41, 5.74) is -11.2. The summed E-state index contributed by atoms with van der Waals surface area (Å²) in [6.45, 7) is 0. The third kappa shape index (κ3) is 2.95. The molecule has 0 aromatic heterocycles. The van der Waals surface area contributed by atoms with Crippen LogP contribution in [0.25, 0.3) is 10.8 Å². The van der Waals surface area contributed by atoms with Crippen molar-refractivity contribution >= 4 is 30.4 Å². The van der Waals surface area contributed by atoms with Crippen LogP contribution >= 0.6 is 0 Å². The van der Waals surface area contributed by atoms with Gasteiger partial charge in [-0.25, -0.2) is 16.8 Å². The highest BCUT2D eigenvalue weighted by Crippen LogP contribution is 2.34. The molecule has 0 saturated heterocycles. The zero-order chi connectivity index (χ0) is 18.6. The number of fused-ring (bicyclic) bond motifs is 1. The Balaban J connectivity index is 2.71. The van der Waals surface area contributed by atoms with Gasteiger partial charge in [-0.1, -0.05) is 12.1 Å². The molecular formula is C12H6F6O4S2. The van der Waals surface area contributed by atoms with E-state index in [9.17, 15) is 43.2 Å². The molecular weight excluding hydrogens is 386 g/mol. The van der Waals surface area contributed by atoms with Crippen LogP contribution in [0.15, 0.2) is 46.2 Å². The summed E-state index contributed by atoms with van der Waals surface area (Å²) in [5, 5.41) is -0.331. The second-order valence-electron chi connectivity index (χ2n) is 4.57. The van der Waals surface area contributed by atoms with E-state index in [-0.39, 0.29) is 5.39 Å². The van der Waals surface area contributed by atoms with Crippen LogP contribution in [0.1, 0.15) is 0 Å². The number of hydrogen-bond acceptors (Lipinski definition) is 4. The Labute approximate surface area is 131 Å². The molecule has 0 aliphatic heterocycles. The van der Waals surface area contributed by atoms with Gasteiger partial charge in [0.15, 0.2) is 0 Å². The van der Waals surface area contributed by atoms with Crippen molar-refractivity contribution in [3.8, 4) is 0 Å². The lowest BCUT2D eigenvalue weighted by molar-refractivity contribution is -0.0441. The van der Waals surface area contributed by atoms with Gasteiger partial charge in [0, 0.05) is 0 Å². The largest absolute Gasteiger partial charge is 0.501 e. The smallest absolute Gasteiger partial charge is 0.214 e. The maximum absolute atomic E-state index is 12.5. The maximum atomic E-state index is 12.5. The monoisotopic (exact) mass is 392 g/mol. The lowest BCUT2D eigenvalue weighted by Crippen LogP contribution is -2.23. The first-order valence-electron chi connectivity index (χ1n) is 5.84. The lowest BCUT2D eigenvalue weighted by Gasteiger charge is -2.11. The molecule has 2 aromatic carbocycles. The van der Waals surface area contributed by atoms with E-state index >= 15 is 0 Å². The summed E-state index contributed by atoms with van der Waals surface area (Å²) < 4.78 is 120. The standard InChI is InChI=1S/C12H6F6O4S2/c13-11(14,15)23(19,20)9-3-1-7-2-4-10(6-8(7)5-9)24(21,22)12(16,17)18/h1-6H. The number of hydrogen-bond donors (Lipinski definition) is 0. The van der Waals surface area contributed by atoms with E-state index in [4.69, 9.17) is 0 Å². The van der Waals surface area contributed by atoms with Gasteiger partial charge < -0.3 is 0 Å². The number of alkyl halides is 6. The Morgan fingerprint density at radius 3 is 1.21 bits per heavy atom. The van der Waals surface area contributed by atoms with Crippen molar-refractivity contribution in [3.05, 3.63) is 36.4 Å². The van der Waals surface area contributed by atoms with Crippen LogP contribution in [0.5, 0.6) is 0 Å². The minimum atomic E-state index is -5.72. The molecule has 4 nitrogen and oxygen atoms in total. The zero-order valence-electron chi connectivity index (χ0n) is 11.2. The van der Waals surface area contributed by atoms with Gasteiger partial charge in [-0.05, 0) is 35.0 Å². The molecule has 0 unspecified atom stereocenters. The molecule has 0 N–H and O–H groups in total. The molecule has 0 aliphatic rings. The summed E-state index contributed by atoms with van der Waals surface area (Å²) in [6, 6.07) is 4.04. The molecule has 0 amide bonds. The second kappa shape index (κ2) is 5.34. The third-order valence-electron chi connectivity index (χ3n) is 3.01. The predicted octanol–water partition coefficient (Wildman–Crippen LogP) is 3.43. The predicted molar refractivity (Wildman–Crippen MR) is 70.4 cm³/mol. The quantitative estimate of drug-likeness (QED) is 0.735. The fourth-order valence-electron chi connectivity index (χ4n) is 1.80. The zero-order valence-corrected chi connectivity index (χ0v) is 12.8. The fourth-order valence-corrected chi connectivity index (χ4v) is 3.40. The highest BCUT2D eigenvalue weighted by molar-refractivity contribution is 7.92. The fraction of sp³-hybridized carbons (Fsp3) is 0.167. The van der Waals surface area contributed by atoms with Crippen LogP contribution in [0.3, 0.4) is 0 Å². The van der Waals surface area contributed by atoms with Gasteiger partial charge >= 0.3 is 11.0 Å². The summed E-state index contributed by atoms with van der Waals surface area (Å²) in [7, 11) is -11.4. The van der Waals surface area contributed by atoms with Crippen LogP contribution in [0, 0.1) is 0 Å². The maximum Gasteiger partial charge on any atom is 0.501 e. The van der Waals surface area contributed by atoms with Crippen LogP contribution in [0.2, 0.25) is 0 Å². The van der Waals surface area contributed by atoms with Gasteiger partial charge in [0.2, 0.25) is 0 Å². The minimum absolute atomic E-state index is 0.0669. The van der Waals surface area contributed by atoms with Crippen LogP contribution in [-0.2, 0) is 19.7 Å². The normalized spacial score (nSPS) is 14.1. The Morgan fingerprint density at radius 1 is 0.583 bits per heavy atom. The van der Waals surface area contributed by atoms with E-state index in [1.807, 2.05) is 0 Å². The molecule has 2 aromatic rings. The van der Waals surface area contributed by atoms with Crippen LogP contribution < -0.4 is 0 Å². The summed E-state index contributed by atoms with van der Waals surface area (Å²) >= 11 is 0. The summed E-state index contributed by atoms with van der Waals surface area (Å²) in [5.74, 6) is 0. The van der Waals surface area contributed by atoms with Gasteiger partial charge in [-0.2, -0.15) is 26.3 Å². The van der Waals surface area contributed by atoms with Crippen LogP contribution in [-0.4, -0.2) is 27.9 Å². The number of sulfone groups is 2. The highest BCUT2D eigenvalue weighted by Gasteiger charge is 2.48. The molecule has 0 radical (unpaired) electrons. The van der Waals surface area contributed by atoms with Gasteiger partial charge in [-0.3, -0.25) is 0 Å². The molecule has 24 heavy (non-hydrogen) atoms. The molecule has 0 aliphatic carbocycles. The van der Waals surface area contributed by atoms with E-state index in [2.05, 4.69) is 0 Å². The Morgan fingerprint density at radius 2 is 0.917 bits per heavy atom. The Hall–Kier alpha value is -1.82. The summed E-state index contributed by atoms with van der Waals surface area (Å²) in [4.78, 5) is -2.41. The van der Waals surface area contributed by atoms with E-state index in [1.165, 1.54) is 0 Å². The van der Waals surface area contributed by atoms with E-state index in [0.29, 0.717) is 24.3 Å². The molecule has 0 bridgehead atoms. The van der Waals surface area contributed by atoms with Gasteiger partial charge in [-0.15, -0.1) is 0 Å². The van der Waals surface area contributed by atoms with E-state index < -0.39 is 45.9 Å². The Kier molecular flexibility index (Phi) is 4.12. The minimum Gasteiger partial charge on any atom is -0.214 e. The highest BCUT2D eigenvalue weighted by atomic mass is 32.2. The van der Waals surface area contributed by atoms with Gasteiger partial charge in [0.1, 0.15) is 0 Å².